The second-order valence-electron chi connectivity index (χ2n) is 13.6. The number of nitrogens with two attached hydrogens (primary N) is 1. The number of ether oxygens (including phenoxy) is 3. The van der Waals surface area contributed by atoms with Crippen LogP contribution in [0.1, 0.15) is 51.5 Å². The van der Waals surface area contributed by atoms with E-state index in [-0.39, 0.29) is 40.3 Å². The first-order chi connectivity index (χ1) is 23.4. The van der Waals surface area contributed by atoms with E-state index in [2.05, 4.69) is 5.32 Å². The molecule has 0 bridgehead atoms. The highest BCUT2D eigenvalue weighted by Crippen LogP contribution is 2.40. The van der Waals surface area contributed by atoms with Gasteiger partial charge in [0.25, 0.3) is 0 Å². The summed E-state index contributed by atoms with van der Waals surface area (Å²) in [5.41, 5.74) is 7.98. The molecular weight excluding hydrogens is 667 g/mol. The Labute approximate surface area is 289 Å². The summed E-state index contributed by atoms with van der Waals surface area (Å²) in [5.74, 6) is 0.735. The van der Waals surface area contributed by atoms with Gasteiger partial charge in [-0.15, -0.1) is 0 Å². The topological polar surface area (TPSA) is 157 Å². The number of aliphatic hydroxyl groups is 1. The molecule has 11 nitrogen and oxygen atoms in total. The van der Waals surface area contributed by atoms with Crippen LogP contribution < -0.4 is 20.5 Å². The minimum absolute atomic E-state index is 0.00166. The van der Waals surface area contributed by atoms with E-state index in [4.69, 9.17) is 19.9 Å². The van der Waals surface area contributed by atoms with E-state index < -0.39 is 31.6 Å². The lowest BCUT2D eigenvalue weighted by Gasteiger charge is -2.38. The third-order valence-corrected chi connectivity index (χ3v) is 13.7. The first-order valence-corrected chi connectivity index (χ1v) is 20.0. The lowest BCUT2D eigenvalue weighted by atomic mass is 9.88. The van der Waals surface area contributed by atoms with Crippen molar-refractivity contribution in [1.29, 1.82) is 0 Å². The molecule has 2 saturated heterocycles. The fraction of sp³-hybridized carbons (Fsp3) is 0.500. The van der Waals surface area contributed by atoms with Crippen LogP contribution in [0.4, 0.5) is 0 Å². The van der Waals surface area contributed by atoms with Gasteiger partial charge in [0.15, 0.2) is 9.84 Å². The van der Waals surface area contributed by atoms with Gasteiger partial charge in [-0.05, 0) is 93.0 Å². The molecule has 1 spiro atoms. The third kappa shape index (κ3) is 8.30. The maximum Gasteiger partial charge on any atom is 0.246 e. The Hall–Kier alpha value is -3.04. The van der Waals surface area contributed by atoms with Crippen LogP contribution in [0.3, 0.4) is 0 Å². The van der Waals surface area contributed by atoms with Crippen molar-refractivity contribution in [1.82, 2.24) is 9.62 Å². The van der Waals surface area contributed by atoms with Gasteiger partial charge >= 0.3 is 0 Å². The minimum Gasteiger partial charge on any atom is -0.491 e. The van der Waals surface area contributed by atoms with E-state index in [1.807, 2.05) is 44.2 Å². The third-order valence-electron chi connectivity index (χ3n) is 9.47. The van der Waals surface area contributed by atoms with Crippen molar-refractivity contribution in [2.75, 3.05) is 32.8 Å². The molecule has 1 aliphatic carbocycles. The van der Waals surface area contributed by atoms with Gasteiger partial charge in [0, 0.05) is 32.2 Å². The molecule has 1 unspecified atom stereocenters. The predicted octanol–water partition coefficient (Wildman–Crippen LogP) is 3.88. The molecule has 3 aliphatic rings. The summed E-state index contributed by atoms with van der Waals surface area (Å²) >= 11 is 0. The quantitative estimate of drug-likeness (QED) is 0.224. The van der Waals surface area contributed by atoms with Crippen molar-refractivity contribution in [3.63, 3.8) is 0 Å². The van der Waals surface area contributed by atoms with Gasteiger partial charge < -0.3 is 30.4 Å². The van der Waals surface area contributed by atoms with Crippen molar-refractivity contribution in [3.8, 4) is 22.6 Å². The molecule has 2 aliphatic heterocycles. The van der Waals surface area contributed by atoms with Gasteiger partial charge in [0.05, 0.1) is 28.5 Å². The van der Waals surface area contributed by atoms with Gasteiger partial charge in [-0.1, -0.05) is 36.4 Å². The van der Waals surface area contributed by atoms with E-state index in [0.29, 0.717) is 69.8 Å². The van der Waals surface area contributed by atoms with Crippen molar-refractivity contribution in [2.24, 2.45) is 5.73 Å². The number of sulfone groups is 1. The largest absolute Gasteiger partial charge is 0.491 e. The average molecular weight is 714 g/mol. The zero-order valence-corrected chi connectivity index (χ0v) is 29.7. The van der Waals surface area contributed by atoms with Crippen molar-refractivity contribution >= 4 is 19.9 Å². The lowest BCUT2D eigenvalue weighted by Crippen LogP contribution is -2.47. The Morgan fingerprint density at radius 2 is 1.71 bits per heavy atom. The monoisotopic (exact) mass is 713 g/mol. The Morgan fingerprint density at radius 3 is 2.39 bits per heavy atom. The Balaban J connectivity index is 1.03. The molecule has 3 aromatic carbocycles. The van der Waals surface area contributed by atoms with Gasteiger partial charge in [-0.3, -0.25) is 0 Å². The number of nitrogens with one attached hydrogen (secondary N) is 1. The SMILES string of the molecule is CC(C)Oc1ccc(-c2ccc(CN)cc2)cc1S(=O)(=O)N1CCC2(CC1)C[C@@H](NCC(O)COc1cccc(S(=O)(=O)C3CC3)c1)CO2. The summed E-state index contributed by atoms with van der Waals surface area (Å²) in [6, 6.07) is 19.5. The molecule has 0 aromatic heterocycles. The second kappa shape index (κ2) is 14.7. The van der Waals surface area contributed by atoms with Crippen molar-refractivity contribution in [3.05, 3.63) is 72.3 Å². The van der Waals surface area contributed by atoms with Crippen LogP contribution in [0, 0.1) is 0 Å². The molecule has 2 atom stereocenters. The first-order valence-electron chi connectivity index (χ1n) is 17.0. The minimum atomic E-state index is -3.87. The Morgan fingerprint density at radius 1 is 1.00 bits per heavy atom. The number of sulfonamides is 1. The normalized spacial score (nSPS) is 20.5. The van der Waals surface area contributed by atoms with Crippen LogP contribution in [0.25, 0.3) is 11.1 Å². The smallest absolute Gasteiger partial charge is 0.246 e. The van der Waals surface area contributed by atoms with E-state index in [1.165, 1.54) is 10.4 Å². The molecule has 0 amide bonds. The maximum absolute atomic E-state index is 14.1. The van der Waals surface area contributed by atoms with Crippen LogP contribution in [0.5, 0.6) is 11.5 Å². The molecule has 1 saturated carbocycles. The number of hydrogen-bond donors (Lipinski definition) is 3. The molecular formula is C36H47N3O8S2. The number of rotatable bonds is 14. The number of aliphatic hydroxyl groups excluding tert-OH is 1. The highest BCUT2D eigenvalue weighted by Gasteiger charge is 2.45. The number of hydrogen-bond acceptors (Lipinski definition) is 10. The van der Waals surface area contributed by atoms with Crippen molar-refractivity contribution in [2.45, 2.75) is 91.4 Å². The summed E-state index contributed by atoms with van der Waals surface area (Å²) in [6.45, 7) is 5.55. The van der Waals surface area contributed by atoms with Crippen LogP contribution in [0.2, 0.25) is 0 Å². The van der Waals surface area contributed by atoms with Crippen molar-refractivity contribution < 1.29 is 36.2 Å². The molecule has 13 heteroatoms. The molecule has 6 rings (SSSR count). The van der Waals surface area contributed by atoms with Crippen LogP contribution in [0.15, 0.2) is 76.5 Å². The van der Waals surface area contributed by atoms with Gasteiger partial charge in [-0.2, -0.15) is 4.31 Å². The first kappa shape index (κ1) is 35.8. The summed E-state index contributed by atoms with van der Waals surface area (Å²) in [6.07, 6.45) is 2.17. The molecule has 49 heavy (non-hydrogen) atoms. The predicted molar refractivity (Wildman–Crippen MR) is 187 cm³/mol. The molecule has 0 radical (unpaired) electrons. The fourth-order valence-electron chi connectivity index (χ4n) is 6.54. The van der Waals surface area contributed by atoms with E-state index in [9.17, 15) is 21.9 Å². The molecule has 266 valence electrons. The molecule has 3 aromatic rings. The fourth-order valence-corrected chi connectivity index (χ4v) is 9.81. The summed E-state index contributed by atoms with van der Waals surface area (Å²) in [5, 5.41) is 13.7. The Kier molecular flexibility index (Phi) is 10.7. The maximum atomic E-state index is 14.1. The zero-order valence-electron chi connectivity index (χ0n) is 28.1. The van der Waals surface area contributed by atoms with E-state index in [0.717, 1.165) is 16.7 Å². The molecule has 4 N–H and O–H groups in total. The van der Waals surface area contributed by atoms with E-state index >= 15 is 0 Å². The summed E-state index contributed by atoms with van der Waals surface area (Å²) in [7, 11) is -7.19. The average Bonchev–Trinajstić information content (AvgIpc) is 3.89. The molecule has 3 fully saturated rings. The van der Waals surface area contributed by atoms with Gasteiger partial charge in [0.2, 0.25) is 10.0 Å². The Bertz CT molecular complexity index is 1820. The number of piperidine rings is 1. The zero-order chi connectivity index (χ0) is 34.8. The highest BCUT2D eigenvalue weighted by molar-refractivity contribution is 7.92. The summed E-state index contributed by atoms with van der Waals surface area (Å²) in [4.78, 5) is 0.399. The van der Waals surface area contributed by atoms with Gasteiger partial charge in [0.1, 0.15) is 29.1 Å². The second-order valence-corrected chi connectivity index (χ2v) is 17.8. The standard InChI is InChI=1S/C36H47N3O8S2/c1-25(2)47-34-13-10-28(27-8-6-26(21-37)7-9-27)18-35(34)49(43,44)39-16-14-36(15-17-39)20-29(23-46-36)38-22-30(40)24-45-31-4-3-5-33(19-31)48(41,42)32-11-12-32/h3-10,13,18-19,25,29-30,32,38,40H,11-12,14-17,20-24,37H2,1-2H3/t29-,30?/m1/s1. The lowest BCUT2D eigenvalue weighted by molar-refractivity contribution is -0.0312. The summed E-state index contributed by atoms with van der Waals surface area (Å²) < 4.78 is 72.8. The van der Waals surface area contributed by atoms with Crippen LogP contribution >= 0.6 is 0 Å². The van der Waals surface area contributed by atoms with Gasteiger partial charge in [-0.25, -0.2) is 16.8 Å². The highest BCUT2D eigenvalue weighted by atomic mass is 32.2. The van der Waals surface area contributed by atoms with Crippen LogP contribution in [-0.4, -0.2) is 88.2 Å². The van der Waals surface area contributed by atoms with Crippen LogP contribution in [-0.2, 0) is 31.1 Å². The van der Waals surface area contributed by atoms with E-state index in [1.54, 1.807) is 30.3 Å². The number of nitrogens with zero attached hydrogens (tertiary/aromatic N) is 1. The number of benzene rings is 3. The molecule has 2 heterocycles.